The summed E-state index contributed by atoms with van der Waals surface area (Å²) in [5.74, 6) is 0.188. The number of morpholine rings is 1. The van der Waals surface area contributed by atoms with Crippen LogP contribution in [0.25, 0.3) is 0 Å². The largest absolute Gasteiger partial charge is 0.493 e. The summed E-state index contributed by atoms with van der Waals surface area (Å²) < 4.78 is 12.3. The number of ether oxygens (including phenoxy) is 2. The second kappa shape index (κ2) is 6.34. The van der Waals surface area contributed by atoms with Crippen molar-refractivity contribution in [3.63, 3.8) is 0 Å². The predicted octanol–water partition coefficient (Wildman–Crippen LogP) is 2.06. The van der Waals surface area contributed by atoms with Crippen molar-refractivity contribution in [1.82, 2.24) is 4.90 Å². The molecule has 0 saturated carbocycles. The number of hydrogen-bond acceptors (Lipinski definition) is 4. The average molecular weight is 356 g/mol. The minimum Gasteiger partial charge on any atom is -0.493 e. The fourth-order valence-electron chi connectivity index (χ4n) is 2.95. The molecule has 1 aromatic rings. The summed E-state index contributed by atoms with van der Waals surface area (Å²) in [6, 6.07) is 4.20. The molecule has 0 spiro atoms. The van der Waals surface area contributed by atoms with Crippen LogP contribution in [-0.2, 0) is 22.5 Å². The first-order valence-electron chi connectivity index (χ1n) is 7.11. The van der Waals surface area contributed by atoms with Gasteiger partial charge in [0.1, 0.15) is 5.75 Å². The van der Waals surface area contributed by atoms with E-state index in [1.54, 1.807) is 0 Å². The summed E-state index contributed by atoms with van der Waals surface area (Å²) >= 11 is 3.55. The number of rotatable bonds is 4. The maximum atomic E-state index is 10.8. The standard InChI is InChI=1S/C15H18BrNO4/c16-12-5-10-1-3-21-15(10)11(6-12)8-17-2-4-20-13(9-17)7-14(18)19/h5-6,13H,1-4,7-9H2,(H,18,19). The molecule has 6 heteroatoms. The lowest BCUT2D eigenvalue weighted by Crippen LogP contribution is -2.42. The van der Waals surface area contributed by atoms with Gasteiger partial charge in [0.05, 0.1) is 25.7 Å². The minimum atomic E-state index is -0.812. The Hall–Kier alpha value is -1.11. The zero-order valence-corrected chi connectivity index (χ0v) is 13.3. The number of nitrogens with zero attached hydrogens (tertiary/aromatic N) is 1. The van der Waals surface area contributed by atoms with Crippen molar-refractivity contribution in [3.8, 4) is 5.75 Å². The Labute approximate surface area is 132 Å². The molecule has 2 aliphatic heterocycles. The first kappa shape index (κ1) is 14.8. The van der Waals surface area contributed by atoms with Gasteiger partial charge in [0.25, 0.3) is 0 Å². The highest BCUT2D eigenvalue weighted by Crippen LogP contribution is 2.34. The number of benzene rings is 1. The molecule has 0 bridgehead atoms. The van der Waals surface area contributed by atoms with Gasteiger partial charge in [-0.15, -0.1) is 0 Å². The molecule has 1 N–H and O–H groups in total. The van der Waals surface area contributed by atoms with E-state index in [2.05, 4.69) is 33.0 Å². The van der Waals surface area contributed by atoms with Gasteiger partial charge in [-0.05, 0) is 17.7 Å². The van der Waals surface area contributed by atoms with Crippen LogP contribution in [0.2, 0.25) is 0 Å². The second-order valence-electron chi connectivity index (χ2n) is 5.48. The Morgan fingerprint density at radius 1 is 1.43 bits per heavy atom. The number of fused-ring (bicyclic) bond motifs is 1. The third-order valence-corrected chi connectivity index (χ3v) is 4.30. The summed E-state index contributed by atoms with van der Waals surface area (Å²) in [7, 11) is 0. The molecule has 1 saturated heterocycles. The van der Waals surface area contributed by atoms with Gasteiger partial charge in [0, 0.05) is 36.1 Å². The molecule has 2 aliphatic rings. The van der Waals surface area contributed by atoms with Gasteiger partial charge in [0.15, 0.2) is 0 Å². The van der Waals surface area contributed by atoms with Gasteiger partial charge >= 0.3 is 5.97 Å². The number of aliphatic carboxylic acids is 1. The zero-order chi connectivity index (χ0) is 14.8. The molecule has 5 nitrogen and oxygen atoms in total. The van der Waals surface area contributed by atoms with Gasteiger partial charge < -0.3 is 14.6 Å². The first-order chi connectivity index (χ1) is 10.1. The normalized spacial score (nSPS) is 21.9. The molecule has 1 aromatic carbocycles. The fourth-order valence-corrected chi connectivity index (χ4v) is 3.50. The van der Waals surface area contributed by atoms with E-state index in [0.717, 1.165) is 41.9 Å². The highest BCUT2D eigenvalue weighted by Gasteiger charge is 2.25. The van der Waals surface area contributed by atoms with Crippen molar-refractivity contribution >= 4 is 21.9 Å². The highest BCUT2D eigenvalue weighted by molar-refractivity contribution is 9.10. The molecule has 114 valence electrons. The lowest BCUT2D eigenvalue weighted by molar-refractivity contribution is -0.142. The van der Waals surface area contributed by atoms with Crippen molar-refractivity contribution in [1.29, 1.82) is 0 Å². The average Bonchev–Trinajstić information content (AvgIpc) is 2.86. The monoisotopic (exact) mass is 355 g/mol. The molecule has 0 aromatic heterocycles. The minimum absolute atomic E-state index is 0.0591. The molecule has 1 unspecified atom stereocenters. The van der Waals surface area contributed by atoms with Crippen LogP contribution < -0.4 is 4.74 Å². The van der Waals surface area contributed by atoms with Crippen molar-refractivity contribution in [2.24, 2.45) is 0 Å². The van der Waals surface area contributed by atoms with Gasteiger partial charge in [-0.3, -0.25) is 9.69 Å². The third kappa shape index (κ3) is 3.56. The molecule has 21 heavy (non-hydrogen) atoms. The number of carboxylic acids is 1. The van der Waals surface area contributed by atoms with Crippen LogP contribution >= 0.6 is 15.9 Å². The molecule has 0 radical (unpaired) electrons. The number of carboxylic acid groups (broad SMARTS) is 1. The summed E-state index contributed by atoms with van der Waals surface area (Å²) in [6.07, 6.45) is 0.785. The highest BCUT2D eigenvalue weighted by atomic mass is 79.9. The lowest BCUT2D eigenvalue weighted by atomic mass is 10.1. The van der Waals surface area contributed by atoms with E-state index in [4.69, 9.17) is 14.6 Å². The Morgan fingerprint density at radius 2 is 2.29 bits per heavy atom. The molecular weight excluding hydrogens is 338 g/mol. The van der Waals surface area contributed by atoms with E-state index in [1.807, 2.05) is 0 Å². The van der Waals surface area contributed by atoms with Crippen LogP contribution in [0, 0.1) is 0 Å². The Balaban J connectivity index is 1.70. The van der Waals surface area contributed by atoms with E-state index in [0.29, 0.717) is 13.2 Å². The topological polar surface area (TPSA) is 59.0 Å². The van der Waals surface area contributed by atoms with Crippen LogP contribution in [0.15, 0.2) is 16.6 Å². The van der Waals surface area contributed by atoms with Gasteiger partial charge in [-0.2, -0.15) is 0 Å². The Bertz CT molecular complexity index is 549. The smallest absolute Gasteiger partial charge is 0.306 e. The maximum absolute atomic E-state index is 10.8. The molecule has 2 heterocycles. The van der Waals surface area contributed by atoms with Gasteiger partial charge in [-0.25, -0.2) is 0 Å². The summed E-state index contributed by atoms with van der Waals surface area (Å²) in [5, 5.41) is 8.88. The van der Waals surface area contributed by atoms with E-state index >= 15 is 0 Å². The second-order valence-corrected chi connectivity index (χ2v) is 6.39. The van der Waals surface area contributed by atoms with Crippen LogP contribution in [-0.4, -0.2) is 48.4 Å². The third-order valence-electron chi connectivity index (χ3n) is 3.84. The van der Waals surface area contributed by atoms with Crippen LogP contribution in [0.4, 0.5) is 0 Å². The van der Waals surface area contributed by atoms with E-state index in [1.165, 1.54) is 5.56 Å². The molecular formula is C15H18BrNO4. The summed E-state index contributed by atoms with van der Waals surface area (Å²) in [6.45, 7) is 3.55. The molecule has 0 amide bonds. The van der Waals surface area contributed by atoms with Crippen LogP contribution in [0.1, 0.15) is 17.5 Å². The van der Waals surface area contributed by atoms with Crippen molar-refractivity contribution in [2.75, 3.05) is 26.3 Å². The fraction of sp³-hybridized carbons (Fsp3) is 0.533. The van der Waals surface area contributed by atoms with Crippen molar-refractivity contribution < 1.29 is 19.4 Å². The number of hydrogen-bond donors (Lipinski definition) is 1. The zero-order valence-electron chi connectivity index (χ0n) is 11.7. The Kier molecular flexibility index (Phi) is 4.47. The van der Waals surface area contributed by atoms with E-state index < -0.39 is 5.97 Å². The van der Waals surface area contributed by atoms with E-state index in [-0.39, 0.29) is 12.5 Å². The number of carbonyl (C=O) groups is 1. The predicted molar refractivity (Wildman–Crippen MR) is 80.6 cm³/mol. The van der Waals surface area contributed by atoms with Crippen molar-refractivity contribution in [3.05, 3.63) is 27.7 Å². The lowest BCUT2D eigenvalue weighted by Gasteiger charge is -2.32. The molecule has 1 fully saturated rings. The van der Waals surface area contributed by atoms with Gasteiger partial charge in [-0.1, -0.05) is 15.9 Å². The van der Waals surface area contributed by atoms with Gasteiger partial charge in [0.2, 0.25) is 0 Å². The maximum Gasteiger partial charge on any atom is 0.306 e. The molecule has 3 rings (SSSR count). The SMILES string of the molecule is O=C(O)CC1CN(Cc2cc(Br)cc3c2OCC3)CCO1. The summed E-state index contributed by atoms with van der Waals surface area (Å²) in [4.78, 5) is 13.0. The number of halogens is 1. The molecule has 0 aliphatic carbocycles. The van der Waals surface area contributed by atoms with Crippen LogP contribution in [0.5, 0.6) is 5.75 Å². The van der Waals surface area contributed by atoms with E-state index in [9.17, 15) is 4.79 Å². The van der Waals surface area contributed by atoms with Crippen molar-refractivity contribution in [2.45, 2.75) is 25.5 Å². The summed E-state index contributed by atoms with van der Waals surface area (Å²) in [5.41, 5.74) is 2.41. The van der Waals surface area contributed by atoms with Crippen LogP contribution in [0.3, 0.4) is 0 Å². The Morgan fingerprint density at radius 3 is 3.10 bits per heavy atom. The first-order valence-corrected chi connectivity index (χ1v) is 7.91. The molecule has 1 atom stereocenters. The quantitative estimate of drug-likeness (QED) is 0.895.